The molecule has 0 aromatic heterocycles. The van der Waals surface area contributed by atoms with Crippen molar-refractivity contribution >= 4 is 23.4 Å². The molecule has 0 atom stereocenters. The maximum atomic E-state index is 5.82. The average molecular weight is 200 g/mol. The molecular formula is C9H10ClNS. The fraction of sp³-hybridized carbons (Fsp3) is 0.111. The maximum absolute atomic E-state index is 5.82. The summed E-state index contributed by atoms with van der Waals surface area (Å²) in [7, 11) is 0. The Balaban J connectivity index is 2.97. The second-order valence-electron chi connectivity index (χ2n) is 2.48. The minimum Gasteiger partial charge on any atom is -0.394 e. The highest BCUT2D eigenvalue weighted by atomic mass is 35.5. The fourth-order valence-corrected chi connectivity index (χ4v) is 1.76. The van der Waals surface area contributed by atoms with Crippen LogP contribution in [-0.2, 0) is 0 Å². The summed E-state index contributed by atoms with van der Waals surface area (Å²) in [5, 5.41) is 1.31. The Bertz CT molecular complexity index is 309. The molecule has 1 aromatic rings. The number of thioether (sulfide) groups is 1. The molecule has 0 aliphatic carbocycles. The summed E-state index contributed by atoms with van der Waals surface area (Å²) in [6.45, 7) is 5.63. The van der Waals surface area contributed by atoms with E-state index in [1.54, 1.807) is 0 Å². The Hall–Kier alpha value is -0.600. The first-order valence-corrected chi connectivity index (χ1v) is 4.67. The molecule has 0 unspecified atom stereocenters. The lowest BCUT2D eigenvalue weighted by molar-refractivity contribution is 1.30. The van der Waals surface area contributed by atoms with Crippen molar-refractivity contribution in [1.29, 1.82) is 0 Å². The molecule has 12 heavy (non-hydrogen) atoms. The van der Waals surface area contributed by atoms with Crippen molar-refractivity contribution in [2.75, 3.05) is 0 Å². The smallest absolute Gasteiger partial charge is 0.0630 e. The Kier molecular flexibility index (Phi) is 3.06. The van der Waals surface area contributed by atoms with Crippen LogP contribution in [0.3, 0.4) is 0 Å². The zero-order valence-electron chi connectivity index (χ0n) is 6.80. The van der Waals surface area contributed by atoms with E-state index >= 15 is 0 Å². The largest absolute Gasteiger partial charge is 0.394 e. The Morgan fingerprint density at radius 3 is 2.83 bits per heavy atom. The van der Waals surface area contributed by atoms with Crippen molar-refractivity contribution in [3.63, 3.8) is 0 Å². The van der Waals surface area contributed by atoms with Crippen molar-refractivity contribution in [1.82, 2.24) is 0 Å². The molecule has 0 spiro atoms. The topological polar surface area (TPSA) is 26.0 Å². The number of rotatable bonds is 2. The molecule has 2 N–H and O–H groups in total. The van der Waals surface area contributed by atoms with Gasteiger partial charge in [-0.15, -0.1) is 0 Å². The van der Waals surface area contributed by atoms with Gasteiger partial charge in [0.15, 0.2) is 0 Å². The molecule has 0 radical (unpaired) electrons. The highest BCUT2D eigenvalue weighted by Crippen LogP contribution is 2.28. The van der Waals surface area contributed by atoms with E-state index < -0.39 is 0 Å². The average Bonchev–Trinajstić information content (AvgIpc) is 1.96. The van der Waals surface area contributed by atoms with Crippen molar-refractivity contribution in [2.45, 2.75) is 11.8 Å². The van der Waals surface area contributed by atoms with Crippen molar-refractivity contribution in [3.8, 4) is 0 Å². The molecule has 3 heteroatoms. The summed E-state index contributed by atoms with van der Waals surface area (Å²) in [4.78, 5) is 1.06. The van der Waals surface area contributed by atoms with Crippen LogP contribution < -0.4 is 5.73 Å². The van der Waals surface area contributed by atoms with Crippen LogP contribution >= 0.6 is 23.4 Å². The molecule has 1 nitrogen and oxygen atoms in total. The summed E-state index contributed by atoms with van der Waals surface area (Å²) in [5.74, 6) is 0. The lowest BCUT2D eigenvalue weighted by Gasteiger charge is -2.04. The third-order valence-corrected chi connectivity index (χ3v) is 2.55. The number of nitrogens with two attached hydrogens (primary N) is 1. The van der Waals surface area contributed by atoms with E-state index in [1.807, 2.05) is 25.1 Å². The van der Waals surface area contributed by atoms with E-state index in [1.165, 1.54) is 11.8 Å². The van der Waals surface area contributed by atoms with Crippen LogP contribution in [0.4, 0.5) is 0 Å². The first-order valence-electron chi connectivity index (χ1n) is 3.48. The summed E-state index contributed by atoms with van der Waals surface area (Å²) < 4.78 is 0. The molecule has 1 aromatic carbocycles. The summed E-state index contributed by atoms with van der Waals surface area (Å²) >= 11 is 7.25. The predicted octanol–water partition coefficient (Wildman–Crippen LogP) is 3.17. The third kappa shape index (κ3) is 2.47. The highest BCUT2D eigenvalue weighted by molar-refractivity contribution is 8.03. The summed E-state index contributed by atoms with van der Waals surface area (Å²) in [5.41, 5.74) is 6.63. The third-order valence-electron chi connectivity index (χ3n) is 1.39. The fourth-order valence-electron chi connectivity index (χ4n) is 0.825. The molecule has 0 amide bonds. The second kappa shape index (κ2) is 3.87. The quantitative estimate of drug-likeness (QED) is 0.741. The van der Waals surface area contributed by atoms with E-state index in [-0.39, 0.29) is 0 Å². The zero-order valence-corrected chi connectivity index (χ0v) is 8.38. The molecule has 0 aliphatic rings. The van der Waals surface area contributed by atoms with E-state index in [9.17, 15) is 0 Å². The van der Waals surface area contributed by atoms with E-state index in [2.05, 4.69) is 6.58 Å². The molecule has 64 valence electrons. The zero-order chi connectivity index (χ0) is 9.14. The summed E-state index contributed by atoms with van der Waals surface area (Å²) in [6, 6.07) is 5.72. The van der Waals surface area contributed by atoms with Crippen LogP contribution in [0.5, 0.6) is 0 Å². The Morgan fingerprint density at radius 2 is 2.25 bits per heavy atom. The van der Waals surface area contributed by atoms with Crippen molar-refractivity contribution in [3.05, 3.63) is 40.4 Å². The van der Waals surface area contributed by atoms with Crippen LogP contribution in [0.2, 0.25) is 5.02 Å². The number of hydrogen-bond acceptors (Lipinski definition) is 2. The van der Waals surface area contributed by atoms with Gasteiger partial charge in [0.2, 0.25) is 0 Å². The molecular weight excluding hydrogens is 190 g/mol. The molecule has 0 saturated heterocycles. The first kappa shape index (κ1) is 9.49. The van der Waals surface area contributed by atoms with Crippen LogP contribution in [0.15, 0.2) is 34.7 Å². The van der Waals surface area contributed by atoms with Crippen LogP contribution in [0.1, 0.15) is 5.56 Å². The molecule has 1 rings (SSSR count). The standard InChI is InChI=1S/C9H10ClNS/c1-6-3-4-8(10)5-9(6)12-7(2)11/h3-5H,2,11H2,1H3. The molecule has 0 heterocycles. The van der Waals surface area contributed by atoms with Crippen molar-refractivity contribution < 1.29 is 0 Å². The highest BCUT2D eigenvalue weighted by Gasteiger charge is 2.00. The van der Waals surface area contributed by atoms with Gasteiger partial charge in [-0.25, -0.2) is 0 Å². The van der Waals surface area contributed by atoms with Gasteiger partial charge in [0.05, 0.1) is 5.03 Å². The van der Waals surface area contributed by atoms with Crippen LogP contribution in [-0.4, -0.2) is 0 Å². The second-order valence-corrected chi connectivity index (χ2v) is 4.08. The minimum atomic E-state index is 0.584. The number of benzene rings is 1. The van der Waals surface area contributed by atoms with Crippen LogP contribution in [0, 0.1) is 6.92 Å². The monoisotopic (exact) mass is 199 g/mol. The molecule has 0 saturated carbocycles. The van der Waals surface area contributed by atoms with E-state index in [0.717, 1.165) is 15.5 Å². The van der Waals surface area contributed by atoms with Crippen LogP contribution in [0.25, 0.3) is 0 Å². The number of aryl methyl sites for hydroxylation is 1. The number of halogens is 1. The Labute approximate surface area is 81.6 Å². The molecule has 0 aliphatic heterocycles. The number of hydrogen-bond donors (Lipinski definition) is 1. The lowest BCUT2D eigenvalue weighted by atomic mass is 10.2. The normalized spacial score (nSPS) is 9.83. The Morgan fingerprint density at radius 1 is 1.58 bits per heavy atom. The van der Waals surface area contributed by atoms with Gasteiger partial charge in [-0.3, -0.25) is 0 Å². The lowest BCUT2D eigenvalue weighted by Crippen LogP contribution is -1.89. The summed E-state index contributed by atoms with van der Waals surface area (Å²) in [6.07, 6.45) is 0. The van der Waals surface area contributed by atoms with Gasteiger partial charge < -0.3 is 5.73 Å². The van der Waals surface area contributed by atoms with Gasteiger partial charge in [0.1, 0.15) is 0 Å². The van der Waals surface area contributed by atoms with Crippen molar-refractivity contribution in [2.24, 2.45) is 5.73 Å². The van der Waals surface area contributed by atoms with Gasteiger partial charge in [-0.1, -0.05) is 36.0 Å². The van der Waals surface area contributed by atoms with Gasteiger partial charge >= 0.3 is 0 Å². The van der Waals surface area contributed by atoms with Gasteiger partial charge in [0, 0.05) is 9.92 Å². The van der Waals surface area contributed by atoms with E-state index in [4.69, 9.17) is 17.3 Å². The predicted molar refractivity (Wildman–Crippen MR) is 55.4 cm³/mol. The van der Waals surface area contributed by atoms with Gasteiger partial charge in [-0.2, -0.15) is 0 Å². The van der Waals surface area contributed by atoms with Gasteiger partial charge in [-0.05, 0) is 24.6 Å². The molecule has 0 fully saturated rings. The SMILES string of the molecule is C=C(N)Sc1cc(Cl)ccc1C. The minimum absolute atomic E-state index is 0.584. The van der Waals surface area contributed by atoms with E-state index in [0.29, 0.717) is 5.03 Å². The maximum Gasteiger partial charge on any atom is 0.0630 e. The van der Waals surface area contributed by atoms with Gasteiger partial charge in [0.25, 0.3) is 0 Å². The molecule has 0 bridgehead atoms. The first-order chi connectivity index (χ1) is 5.59.